The van der Waals surface area contributed by atoms with E-state index in [1.165, 1.54) is 4.57 Å². The molecule has 0 aliphatic carbocycles. The summed E-state index contributed by atoms with van der Waals surface area (Å²) < 4.78 is 17.6. The van der Waals surface area contributed by atoms with Crippen molar-refractivity contribution in [2.45, 2.75) is 18.8 Å². The Morgan fingerprint density at radius 3 is 2.74 bits per heavy atom. The molecule has 1 aliphatic heterocycles. The zero-order valence-corrected chi connectivity index (χ0v) is 11.1. The number of hydrogen-bond donors (Lipinski definition) is 0. The van der Waals surface area contributed by atoms with Gasteiger partial charge in [-0.05, 0) is 24.8 Å². The summed E-state index contributed by atoms with van der Waals surface area (Å²) in [5, 5.41) is 0. The predicted molar refractivity (Wildman–Crippen MR) is 70.8 cm³/mol. The Kier molecular flexibility index (Phi) is 3.06. The lowest BCUT2D eigenvalue weighted by atomic mass is 9.91. The molecule has 3 rings (SSSR count). The maximum absolute atomic E-state index is 11.7. The van der Waals surface area contributed by atoms with Crippen LogP contribution < -0.4 is 10.5 Å². The lowest BCUT2D eigenvalue weighted by Crippen LogP contribution is -2.14. The second-order valence-electron chi connectivity index (χ2n) is 4.88. The van der Waals surface area contributed by atoms with Crippen molar-refractivity contribution >= 4 is 11.1 Å². The third-order valence-electron chi connectivity index (χ3n) is 3.79. The summed E-state index contributed by atoms with van der Waals surface area (Å²) in [6.45, 7) is 1.50. The Morgan fingerprint density at radius 1 is 1.32 bits per heavy atom. The fourth-order valence-electron chi connectivity index (χ4n) is 2.65. The van der Waals surface area contributed by atoms with E-state index in [2.05, 4.69) is 0 Å². The highest BCUT2D eigenvalue weighted by molar-refractivity contribution is 5.79. The maximum Gasteiger partial charge on any atom is 0.419 e. The van der Waals surface area contributed by atoms with E-state index in [4.69, 9.17) is 13.9 Å². The first-order chi connectivity index (χ1) is 9.20. The van der Waals surface area contributed by atoms with Gasteiger partial charge in [-0.3, -0.25) is 4.57 Å². The van der Waals surface area contributed by atoms with Crippen LogP contribution in [-0.2, 0) is 11.8 Å². The third-order valence-corrected chi connectivity index (χ3v) is 3.79. The summed E-state index contributed by atoms with van der Waals surface area (Å²) in [5.41, 5.74) is 2.52. The molecule has 1 saturated heterocycles. The highest BCUT2D eigenvalue weighted by Gasteiger charge is 2.22. The average Bonchev–Trinajstić information content (AvgIpc) is 2.74. The van der Waals surface area contributed by atoms with E-state index in [1.807, 2.05) is 12.1 Å². The van der Waals surface area contributed by atoms with E-state index in [9.17, 15) is 4.79 Å². The molecule has 0 atom stereocenters. The van der Waals surface area contributed by atoms with Gasteiger partial charge in [-0.25, -0.2) is 4.79 Å². The molecule has 1 aliphatic rings. The van der Waals surface area contributed by atoms with E-state index in [-0.39, 0.29) is 5.76 Å². The van der Waals surface area contributed by atoms with Crippen LogP contribution in [0.5, 0.6) is 5.75 Å². The molecule has 1 fully saturated rings. The number of hydrogen-bond acceptors (Lipinski definition) is 4. The molecule has 102 valence electrons. The van der Waals surface area contributed by atoms with Crippen molar-refractivity contribution in [1.82, 2.24) is 4.57 Å². The monoisotopic (exact) mass is 263 g/mol. The van der Waals surface area contributed by atoms with Crippen molar-refractivity contribution in [1.29, 1.82) is 0 Å². The van der Waals surface area contributed by atoms with Gasteiger partial charge in [-0.2, -0.15) is 0 Å². The summed E-state index contributed by atoms with van der Waals surface area (Å²) in [6.07, 6.45) is 1.89. The number of ether oxygens (including phenoxy) is 2. The van der Waals surface area contributed by atoms with Crippen molar-refractivity contribution in [3.8, 4) is 5.75 Å². The number of benzene rings is 1. The minimum Gasteiger partial charge on any atom is -0.497 e. The molecule has 5 heteroatoms. The molecule has 0 amide bonds. The molecule has 2 aromatic rings. The van der Waals surface area contributed by atoms with E-state index in [0.29, 0.717) is 11.5 Å². The molecule has 0 N–H and O–H groups in total. The Labute approximate surface area is 110 Å². The SMILES string of the molecule is COc1cc(C2CCOCC2)c2oc(=O)n(C)c2c1. The number of nitrogens with zero attached hydrogens (tertiary/aromatic N) is 1. The maximum atomic E-state index is 11.7. The van der Waals surface area contributed by atoms with Gasteiger partial charge in [0.25, 0.3) is 0 Å². The van der Waals surface area contributed by atoms with Crippen LogP contribution in [0.15, 0.2) is 21.3 Å². The zero-order valence-electron chi connectivity index (χ0n) is 11.1. The number of rotatable bonds is 2. The zero-order chi connectivity index (χ0) is 13.4. The van der Waals surface area contributed by atoms with Crippen molar-refractivity contribution in [2.24, 2.45) is 7.05 Å². The van der Waals surface area contributed by atoms with Crippen molar-refractivity contribution in [3.63, 3.8) is 0 Å². The molecule has 0 unspecified atom stereocenters. The minimum absolute atomic E-state index is 0.337. The summed E-state index contributed by atoms with van der Waals surface area (Å²) in [7, 11) is 3.34. The van der Waals surface area contributed by atoms with Gasteiger partial charge >= 0.3 is 5.76 Å². The second-order valence-corrected chi connectivity index (χ2v) is 4.88. The van der Waals surface area contributed by atoms with Crippen LogP contribution in [0, 0.1) is 0 Å². The van der Waals surface area contributed by atoms with E-state index in [0.717, 1.165) is 42.9 Å². The van der Waals surface area contributed by atoms with Gasteiger partial charge in [0, 0.05) is 31.9 Å². The summed E-state index contributed by atoms with van der Waals surface area (Å²) >= 11 is 0. The van der Waals surface area contributed by atoms with Gasteiger partial charge in [0.2, 0.25) is 0 Å². The van der Waals surface area contributed by atoms with Gasteiger partial charge in [-0.15, -0.1) is 0 Å². The lowest BCUT2D eigenvalue weighted by molar-refractivity contribution is 0.0854. The van der Waals surface area contributed by atoms with E-state index >= 15 is 0 Å². The summed E-state index contributed by atoms with van der Waals surface area (Å²) in [5.74, 6) is 0.777. The van der Waals surface area contributed by atoms with Crippen LogP contribution in [0.25, 0.3) is 11.1 Å². The number of fused-ring (bicyclic) bond motifs is 1. The average molecular weight is 263 g/mol. The molecular weight excluding hydrogens is 246 g/mol. The third kappa shape index (κ3) is 2.04. The van der Waals surface area contributed by atoms with Crippen molar-refractivity contribution < 1.29 is 13.9 Å². The first kappa shape index (κ1) is 12.3. The first-order valence-corrected chi connectivity index (χ1v) is 6.46. The largest absolute Gasteiger partial charge is 0.497 e. The molecule has 1 aromatic carbocycles. The molecule has 1 aromatic heterocycles. The molecule has 5 nitrogen and oxygen atoms in total. The first-order valence-electron chi connectivity index (χ1n) is 6.46. The second kappa shape index (κ2) is 4.74. The summed E-state index contributed by atoms with van der Waals surface area (Å²) in [4.78, 5) is 11.7. The molecule has 0 bridgehead atoms. The molecule has 0 radical (unpaired) electrons. The van der Waals surface area contributed by atoms with Gasteiger partial charge < -0.3 is 13.9 Å². The van der Waals surface area contributed by atoms with Crippen LogP contribution in [0.1, 0.15) is 24.3 Å². The normalized spacial score (nSPS) is 16.9. The van der Waals surface area contributed by atoms with Crippen molar-refractivity contribution in [3.05, 3.63) is 28.2 Å². The minimum atomic E-state index is -0.337. The fourth-order valence-corrected chi connectivity index (χ4v) is 2.65. The molecular formula is C14H17NO4. The molecule has 0 spiro atoms. The quantitative estimate of drug-likeness (QED) is 0.832. The van der Waals surface area contributed by atoms with Gasteiger partial charge in [0.05, 0.1) is 12.6 Å². The van der Waals surface area contributed by atoms with Crippen LogP contribution in [0.2, 0.25) is 0 Å². The highest BCUT2D eigenvalue weighted by atomic mass is 16.5. The Morgan fingerprint density at radius 2 is 2.05 bits per heavy atom. The lowest BCUT2D eigenvalue weighted by Gasteiger charge is -2.22. The number of methoxy groups -OCH3 is 1. The van der Waals surface area contributed by atoms with Crippen LogP contribution in [0.3, 0.4) is 0 Å². The van der Waals surface area contributed by atoms with E-state index in [1.54, 1.807) is 14.2 Å². The van der Waals surface area contributed by atoms with Gasteiger partial charge in [0.1, 0.15) is 5.75 Å². The fraction of sp³-hybridized carbons (Fsp3) is 0.500. The standard InChI is InChI=1S/C14H17NO4/c1-15-12-8-10(17-2)7-11(13(12)19-14(15)16)9-3-5-18-6-4-9/h7-9H,3-6H2,1-2H3. The number of oxazole rings is 1. The Balaban J connectivity index is 2.20. The van der Waals surface area contributed by atoms with Crippen molar-refractivity contribution in [2.75, 3.05) is 20.3 Å². The number of aromatic nitrogens is 1. The number of aryl methyl sites for hydroxylation is 1. The Bertz CT molecular complexity index is 649. The van der Waals surface area contributed by atoms with Gasteiger partial charge in [-0.1, -0.05) is 0 Å². The van der Waals surface area contributed by atoms with Crippen LogP contribution >= 0.6 is 0 Å². The highest BCUT2D eigenvalue weighted by Crippen LogP contribution is 2.35. The van der Waals surface area contributed by atoms with E-state index < -0.39 is 0 Å². The topological polar surface area (TPSA) is 53.6 Å². The molecule has 19 heavy (non-hydrogen) atoms. The van der Waals surface area contributed by atoms with Gasteiger partial charge in [0.15, 0.2) is 5.58 Å². The molecule has 0 saturated carbocycles. The smallest absolute Gasteiger partial charge is 0.419 e. The summed E-state index contributed by atoms with van der Waals surface area (Å²) in [6, 6.07) is 3.81. The van der Waals surface area contributed by atoms with Crippen LogP contribution in [0.4, 0.5) is 0 Å². The predicted octanol–water partition coefficient (Wildman–Crippen LogP) is 2.03. The van der Waals surface area contributed by atoms with Crippen LogP contribution in [-0.4, -0.2) is 24.9 Å². The Hall–Kier alpha value is -1.75. The molecule has 2 heterocycles.